The minimum atomic E-state index is -0.826. The number of hydrogen-bond acceptors (Lipinski definition) is 3. The van der Waals surface area contributed by atoms with E-state index in [9.17, 15) is 14.7 Å². The number of carboxylic acid groups (broad SMARTS) is 1. The molecule has 2 aromatic carbocycles. The molecule has 0 radical (unpaired) electrons. The fourth-order valence-corrected chi connectivity index (χ4v) is 5.39. The topological polar surface area (TPSA) is 60.9 Å². The van der Waals surface area contributed by atoms with Crippen molar-refractivity contribution >= 4 is 18.1 Å². The Bertz CT molecular complexity index is 955. The van der Waals surface area contributed by atoms with E-state index in [2.05, 4.69) is 17.0 Å². The van der Waals surface area contributed by atoms with Gasteiger partial charge in [-0.25, -0.2) is 4.79 Å². The van der Waals surface area contributed by atoms with Gasteiger partial charge in [0.2, 0.25) is 0 Å². The van der Waals surface area contributed by atoms with Crippen molar-refractivity contribution < 1.29 is 14.7 Å². The van der Waals surface area contributed by atoms with Gasteiger partial charge >= 0.3 is 6.09 Å². The maximum Gasteiger partial charge on any atom is 0.407 e. The summed E-state index contributed by atoms with van der Waals surface area (Å²) >= 11 is 0. The van der Waals surface area contributed by atoms with Crippen LogP contribution >= 0.6 is 0 Å². The van der Waals surface area contributed by atoms with Crippen LogP contribution in [0.1, 0.15) is 46.7 Å². The molecular weight excluding hydrogens is 352 g/mol. The molecule has 2 aromatic rings. The average molecular weight is 376 g/mol. The van der Waals surface area contributed by atoms with Crippen molar-refractivity contribution in [2.75, 3.05) is 24.5 Å². The molecule has 3 heterocycles. The van der Waals surface area contributed by atoms with E-state index >= 15 is 0 Å². The van der Waals surface area contributed by atoms with Gasteiger partial charge in [0.25, 0.3) is 0 Å². The Morgan fingerprint density at radius 1 is 1.14 bits per heavy atom. The summed E-state index contributed by atoms with van der Waals surface area (Å²) in [7, 11) is 0. The Labute approximate surface area is 164 Å². The molecule has 5 rings (SSSR count). The van der Waals surface area contributed by atoms with E-state index in [4.69, 9.17) is 0 Å². The lowest BCUT2D eigenvalue weighted by Crippen LogP contribution is -2.48. The first kappa shape index (κ1) is 17.3. The van der Waals surface area contributed by atoms with Crippen molar-refractivity contribution in [3.63, 3.8) is 0 Å². The highest BCUT2D eigenvalue weighted by Gasteiger charge is 2.44. The van der Waals surface area contributed by atoms with Crippen LogP contribution in [0.4, 0.5) is 10.5 Å². The normalized spacial score (nSPS) is 23.0. The number of carbonyl (C=O) groups excluding carboxylic acids is 1. The Balaban J connectivity index is 1.66. The fourth-order valence-electron chi connectivity index (χ4n) is 5.39. The zero-order valence-corrected chi connectivity index (χ0v) is 15.8. The molecule has 2 atom stereocenters. The second-order valence-electron chi connectivity index (χ2n) is 8.12. The zero-order valence-electron chi connectivity index (χ0n) is 15.8. The minimum Gasteiger partial charge on any atom is -0.465 e. The van der Waals surface area contributed by atoms with Crippen molar-refractivity contribution in [1.82, 2.24) is 4.90 Å². The number of rotatable bonds is 2. The first-order chi connectivity index (χ1) is 13.7. The van der Waals surface area contributed by atoms with Crippen molar-refractivity contribution in [2.24, 2.45) is 0 Å². The van der Waals surface area contributed by atoms with Gasteiger partial charge in [-0.3, -0.25) is 4.79 Å². The summed E-state index contributed by atoms with van der Waals surface area (Å²) < 4.78 is 0. The number of piperidine rings is 1. The molecule has 0 spiro atoms. The lowest BCUT2D eigenvalue weighted by atomic mass is 9.86. The van der Waals surface area contributed by atoms with Crippen LogP contribution in [0.25, 0.3) is 11.1 Å². The number of benzene rings is 2. The Hall–Kier alpha value is -2.82. The van der Waals surface area contributed by atoms with Gasteiger partial charge in [0, 0.05) is 42.8 Å². The van der Waals surface area contributed by atoms with Gasteiger partial charge in [-0.15, -0.1) is 0 Å². The van der Waals surface area contributed by atoms with Crippen molar-refractivity contribution in [3.8, 4) is 11.1 Å². The van der Waals surface area contributed by atoms with Gasteiger partial charge in [0.05, 0.1) is 0 Å². The van der Waals surface area contributed by atoms with Crippen LogP contribution in [-0.4, -0.2) is 48.1 Å². The second-order valence-corrected chi connectivity index (χ2v) is 8.12. The highest BCUT2D eigenvalue weighted by molar-refractivity contribution is 5.89. The number of anilines is 1. The predicted molar refractivity (Wildman–Crippen MR) is 108 cm³/mol. The quantitative estimate of drug-likeness (QED) is 0.800. The number of carbonyl (C=O) groups is 2. The van der Waals surface area contributed by atoms with Crippen molar-refractivity contribution in [1.29, 1.82) is 0 Å². The molecule has 3 aliphatic heterocycles. The third-order valence-electron chi connectivity index (χ3n) is 6.65. The van der Waals surface area contributed by atoms with Gasteiger partial charge < -0.3 is 14.9 Å². The first-order valence-electron chi connectivity index (χ1n) is 10.1. The summed E-state index contributed by atoms with van der Waals surface area (Å²) in [5.41, 5.74) is 6.69. The second kappa shape index (κ2) is 6.66. The highest BCUT2D eigenvalue weighted by Crippen LogP contribution is 2.49. The molecule has 0 bridgehead atoms. The highest BCUT2D eigenvalue weighted by atomic mass is 16.4. The Morgan fingerprint density at radius 3 is 2.82 bits per heavy atom. The maximum atomic E-state index is 11.6. The molecule has 0 saturated carbocycles. The lowest BCUT2D eigenvalue weighted by Gasteiger charge is -2.37. The van der Waals surface area contributed by atoms with E-state index in [1.165, 1.54) is 29.7 Å². The molecule has 5 nitrogen and oxygen atoms in total. The number of amides is 1. The monoisotopic (exact) mass is 376 g/mol. The van der Waals surface area contributed by atoms with Crippen LogP contribution in [0.5, 0.6) is 0 Å². The summed E-state index contributed by atoms with van der Waals surface area (Å²) in [5.74, 6) is 0.208. The SMILES string of the molecule is O=Cc1ccccc1-c1cc2c3c(c1)[C@@H]1CN(C(=O)O)CC[C@@H]1N3CCCC2. The Kier molecular flexibility index (Phi) is 4.11. The van der Waals surface area contributed by atoms with E-state index in [0.717, 1.165) is 36.8 Å². The van der Waals surface area contributed by atoms with Crippen LogP contribution in [0, 0.1) is 0 Å². The molecule has 5 heteroatoms. The number of nitrogens with zero attached hydrogens (tertiary/aromatic N) is 2. The fraction of sp³-hybridized carbons (Fsp3) is 0.391. The summed E-state index contributed by atoms with van der Waals surface area (Å²) in [4.78, 5) is 27.3. The molecule has 3 aliphatic rings. The van der Waals surface area contributed by atoms with Gasteiger partial charge in [-0.1, -0.05) is 24.3 Å². The summed E-state index contributed by atoms with van der Waals surface area (Å²) in [6, 6.07) is 12.6. The molecule has 0 unspecified atom stereocenters. The largest absolute Gasteiger partial charge is 0.465 e. The van der Waals surface area contributed by atoms with Crippen LogP contribution in [0.3, 0.4) is 0 Å². The number of fused-ring (bicyclic) bond motifs is 3. The molecule has 1 fully saturated rings. The molecular formula is C23H24N2O3. The third kappa shape index (κ3) is 2.60. The Morgan fingerprint density at radius 2 is 2.00 bits per heavy atom. The van der Waals surface area contributed by atoms with E-state index in [1.807, 2.05) is 24.3 Å². The van der Waals surface area contributed by atoms with Crippen LogP contribution in [-0.2, 0) is 6.42 Å². The number of hydrogen-bond donors (Lipinski definition) is 1. The smallest absolute Gasteiger partial charge is 0.407 e. The summed E-state index contributed by atoms with van der Waals surface area (Å²) in [5, 5.41) is 9.52. The van der Waals surface area contributed by atoms with Gasteiger partial charge in [-0.2, -0.15) is 0 Å². The summed E-state index contributed by atoms with van der Waals surface area (Å²) in [6.07, 6.45) is 4.35. The first-order valence-corrected chi connectivity index (χ1v) is 10.1. The van der Waals surface area contributed by atoms with Crippen LogP contribution in [0.15, 0.2) is 36.4 Å². The van der Waals surface area contributed by atoms with E-state index < -0.39 is 6.09 Å². The molecule has 28 heavy (non-hydrogen) atoms. The molecule has 1 saturated heterocycles. The minimum absolute atomic E-state index is 0.208. The van der Waals surface area contributed by atoms with Crippen molar-refractivity contribution in [2.45, 2.75) is 37.6 Å². The standard InChI is InChI=1S/C23H24N2O3/c26-14-16-6-1-2-7-18(16)17-11-15-5-3-4-9-25-21-8-10-24(23(27)28)13-20(21)19(12-17)22(15)25/h1-2,6-7,11-12,14,20-21H,3-5,8-10,13H2,(H,27,28)/t20-,21-/m0/s1. The molecule has 0 aromatic heterocycles. The average Bonchev–Trinajstić information content (AvgIpc) is 2.88. The molecule has 1 N–H and O–H groups in total. The molecule has 0 aliphatic carbocycles. The summed E-state index contributed by atoms with van der Waals surface area (Å²) in [6.45, 7) is 2.22. The zero-order chi connectivity index (χ0) is 19.3. The maximum absolute atomic E-state index is 11.6. The van der Waals surface area contributed by atoms with Crippen molar-refractivity contribution in [3.05, 3.63) is 53.1 Å². The van der Waals surface area contributed by atoms with E-state index in [-0.39, 0.29) is 5.92 Å². The van der Waals surface area contributed by atoms with Gasteiger partial charge in [0.15, 0.2) is 6.29 Å². The number of aldehydes is 1. The third-order valence-corrected chi connectivity index (χ3v) is 6.65. The predicted octanol–water partition coefficient (Wildman–Crippen LogP) is 4.16. The lowest BCUT2D eigenvalue weighted by molar-refractivity contribution is 0.112. The van der Waals surface area contributed by atoms with Crippen LogP contribution < -0.4 is 4.90 Å². The molecule has 1 amide bonds. The number of likely N-dealkylation sites (tertiary alicyclic amines) is 1. The van der Waals surface area contributed by atoms with E-state index in [1.54, 1.807) is 4.90 Å². The van der Waals surface area contributed by atoms with Gasteiger partial charge in [-0.05, 0) is 60.1 Å². The number of aryl methyl sites for hydroxylation is 1. The van der Waals surface area contributed by atoms with E-state index in [0.29, 0.717) is 24.7 Å². The van der Waals surface area contributed by atoms with Crippen LogP contribution in [0.2, 0.25) is 0 Å². The molecule has 144 valence electrons. The van der Waals surface area contributed by atoms with Gasteiger partial charge in [0.1, 0.15) is 0 Å².